The van der Waals surface area contributed by atoms with Crippen LogP contribution in [0.25, 0.3) is 0 Å². The number of ether oxygens (including phenoxy) is 1. The highest BCUT2D eigenvalue weighted by Crippen LogP contribution is 2.46. The van der Waals surface area contributed by atoms with E-state index in [1.807, 2.05) is 24.3 Å². The third-order valence-corrected chi connectivity index (χ3v) is 6.53. The fourth-order valence-corrected chi connectivity index (χ4v) is 4.83. The predicted octanol–water partition coefficient (Wildman–Crippen LogP) is 4.93. The molecule has 2 saturated heterocycles. The number of unbranched alkanes of at least 4 members (excludes halogenated alkanes) is 3. The zero-order valence-corrected chi connectivity index (χ0v) is 16.9. The van der Waals surface area contributed by atoms with Gasteiger partial charge in [0.2, 0.25) is 0 Å². The van der Waals surface area contributed by atoms with Crippen LogP contribution < -0.4 is 0 Å². The van der Waals surface area contributed by atoms with Gasteiger partial charge in [-0.25, -0.2) is 0 Å². The van der Waals surface area contributed by atoms with Crippen LogP contribution in [0.3, 0.4) is 0 Å². The number of aliphatic hydroxyl groups excluding tert-OH is 1. The van der Waals surface area contributed by atoms with E-state index in [9.17, 15) is 9.90 Å². The smallest absolute Gasteiger partial charge is 0.303 e. The van der Waals surface area contributed by atoms with Gasteiger partial charge in [-0.05, 0) is 37.2 Å². The van der Waals surface area contributed by atoms with Crippen molar-refractivity contribution in [3.05, 3.63) is 48.0 Å². The third-order valence-electron chi connectivity index (χ3n) is 6.53. The van der Waals surface area contributed by atoms with E-state index in [2.05, 4.69) is 25.1 Å². The van der Waals surface area contributed by atoms with Gasteiger partial charge in [0.1, 0.15) is 0 Å². The van der Waals surface area contributed by atoms with Gasteiger partial charge in [-0.3, -0.25) is 4.79 Å². The molecule has 1 aromatic carbocycles. The number of carboxylic acid groups (broad SMARTS) is 1. The summed E-state index contributed by atoms with van der Waals surface area (Å²) in [4.78, 5) is 10.6. The molecular formula is C24H34O4. The minimum Gasteiger partial charge on any atom is -0.481 e. The molecular weight excluding hydrogens is 352 g/mol. The van der Waals surface area contributed by atoms with Crippen molar-refractivity contribution < 1.29 is 19.7 Å². The zero-order chi connectivity index (χ0) is 19.9. The fourth-order valence-electron chi connectivity index (χ4n) is 4.83. The SMILES string of the molecule is CC(c1ccccc1)C(O)/C=C\C1C2CCC(O2)C1CCCCCCC(=O)O. The Morgan fingerprint density at radius 1 is 1.14 bits per heavy atom. The molecule has 6 unspecified atom stereocenters. The predicted molar refractivity (Wildman–Crippen MR) is 110 cm³/mol. The number of hydrogen-bond donors (Lipinski definition) is 2. The molecule has 3 rings (SSSR count). The maximum atomic E-state index is 10.6. The second-order valence-corrected chi connectivity index (χ2v) is 8.45. The van der Waals surface area contributed by atoms with Gasteiger partial charge in [-0.1, -0.05) is 68.7 Å². The summed E-state index contributed by atoms with van der Waals surface area (Å²) in [6.07, 6.45) is 12.0. The third kappa shape index (κ3) is 5.45. The number of aliphatic carboxylic acids is 1. The number of aliphatic hydroxyl groups is 1. The molecule has 2 aliphatic heterocycles. The lowest BCUT2D eigenvalue weighted by Gasteiger charge is -2.26. The van der Waals surface area contributed by atoms with Crippen LogP contribution in [-0.2, 0) is 9.53 Å². The molecule has 2 heterocycles. The summed E-state index contributed by atoms with van der Waals surface area (Å²) in [5.74, 6) is 0.309. The molecule has 0 radical (unpaired) electrons. The van der Waals surface area contributed by atoms with Crippen LogP contribution in [0, 0.1) is 11.8 Å². The average molecular weight is 387 g/mol. The van der Waals surface area contributed by atoms with E-state index in [1.54, 1.807) is 0 Å². The first-order valence-electron chi connectivity index (χ1n) is 10.8. The van der Waals surface area contributed by atoms with Gasteiger partial charge in [0.25, 0.3) is 0 Å². The number of carboxylic acids is 1. The molecule has 0 amide bonds. The number of hydrogen-bond acceptors (Lipinski definition) is 3. The molecule has 0 aromatic heterocycles. The van der Waals surface area contributed by atoms with E-state index in [4.69, 9.17) is 9.84 Å². The lowest BCUT2D eigenvalue weighted by atomic mass is 9.76. The van der Waals surface area contributed by atoms with Crippen molar-refractivity contribution in [1.29, 1.82) is 0 Å². The van der Waals surface area contributed by atoms with Gasteiger partial charge in [0, 0.05) is 18.3 Å². The Bertz CT molecular complexity index is 641. The van der Waals surface area contributed by atoms with Crippen molar-refractivity contribution in [3.63, 3.8) is 0 Å². The van der Waals surface area contributed by atoms with Gasteiger partial charge < -0.3 is 14.9 Å². The van der Waals surface area contributed by atoms with Crippen LogP contribution in [-0.4, -0.2) is 34.5 Å². The molecule has 4 nitrogen and oxygen atoms in total. The Balaban J connectivity index is 1.50. The minimum atomic E-state index is -0.699. The van der Waals surface area contributed by atoms with Crippen molar-refractivity contribution in [1.82, 2.24) is 0 Å². The number of benzene rings is 1. The Labute approximate surface area is 168 Å². The van der Waals surface area contributed by atoms with Crippen LogP contribution in [0.4, 0.5) is 0 Å². The van der Waals surface area contributed by atoms with Gasteiger partial charge in [-0.2, -0.15) is 0 Å². The quantitative estimate of drug-likeness (QED) is 0.418. The molecule has 6 atom stereocenters. The molecule has 2 aliphatic rings. The molecule has 2 N–H and O–H groups in total. The summed E-state index contributed by atoms with van der Waals surface area (Å²) in [6.45, 7) is 2.07. The maximum absolute atomic E-state index is 10.6. The zero-order valence-electron chi connectivity index (χ0n) is 16.9. The van der Waals surface area contributed by atoms with E-state index in [1.165, 1.54) is 0 Å². The Morgan fingerprint density at radius 2 is 1.86 bits per heavy atom. The lowest BCUT2D eigenvalue weighted by Crippen LogP contribution is -2.26. The topological polar surface area (TPSA) is 66.8 Å². The van der Waals surface area contributed by atoms with Crippen molar-refractivity contribution in [2.75, 3.05) is 0 Å². The molecule has 154 valence electrons. The first-order chi connectivity index (χ1) is 13.6. The van der Waals surface area contributed by atoms with Crippen molar-refractivity contribution in [2.45, 2.75) is 82.5 Å². The molecule has 4 heteroatoms. The Morgan fingerprint density at radius 3 is 2.61 bits per heavy atom. The second kappa shape index (κ2) is 10.2. The summed E-state index contributed by atoms with van der Waals surface area (Å²) in [7, 11) is 0. The minimum absolute atomic E-state index is 0.0737. The molecule has 1 aromatic rings. The highest BCUT2D eigenvalue weighted by molar-refractivity contribution is 5.66. The molecule has 0 spiro atoms. The Kier molecular flexibility index (Phi) is 7.69. The maximum Gasteiger partial charge on any atom is 0.303 e. The van der Waals surface area contributed by atoms with E-state index in [-0.39, 0.29) is 12.3 Å². The van der Waals surface area contributed by atoms with Crippen molar-refractivity contribution in [3.8, 4) is 0 Å². The monoisotopic (exact) mass is 386 g/mol. The molecule has 0 saturated carbocycles. The second-order valence-electron chi connectivity index (χ2n) is 8.45. The van der Waals surface area contributed by atoms with Gasteiger partial charge in [0.15, 0.2) is 0 Å². The summed E-state index contributed by atoms with van der Waals surface area (Å²) >= 11 is 0. The van der Waals surface area contributed by atoms with Crippen LogP contribution in [0.5, 0.6) is 0 Å². The van der Waals surface area contributed by atoms with E-state index in [0.29, 0.717) is 24.0 Å². The van der Waals surface area contributed by atoms with Crippen molar-refractivity contribution >= 4 is 5.97 Å². The summed E-state index contributed by atoms with van der Waals surface area (Å²) in [5, 5.41) is 19.4. The molecule has 2 fully saturated rings. The normalized spacial score (nSPS) is 28.6. The largest absolute Gasteiger partial charge is 0.481 e. The van der Waals surface area contributed by atoms with E-state index in [0.717, 1.165) is 50.5 Å². The Hall–Kier alpha value is -1.65. The first-order valence-corrected chi connectivity index (χ1v) is 10.8. The first kappa shape index (κ1) is 21.1. The van der Waals surface area contributed by atoms with Crippen molar-refractivity contribution in [2.24, 2.45) is 11.8 Å². The number of rotatable bonds is 11. The van der Waals surface area contributed by atoms with Crippen LogP contribution in [0.2, 0.25) is 0 Å². The van der Waals surface area contributed by atoms with E-state index < -0.39 is 12.1 Å². The van der Waals surface area contributed by atoms with Gasteiger partial charge in [-0.15, -0.1) is 0 Å². The molecule has 0 aliphatic carbocycles. The van der Waals surface area contributed by atoms with E-state index >= 15 is 0 Å². The number of fused-ring (bicyclic) bond motifs is 2. The fraction of sp³-hybridized carbons (Fsp3) is 0.625. The standard InChI is InChI=1S/C24H34O4/c1-17(18-9-5-4-6-10-18)21(25)14-13-20-19(22-15-16-23(20)28-22)11-7-2-3-8-12-24(26)27/h4-6,9-10,13-14,17,19-23,25H,2-3,7-8,11-12,15-16H2,1H3,(H,26,27)/b14-13-. The van der Waals surface area contributed by atoms with Crippen LogP contribution in [0.1, 0.15) is 69.8 Å². The van der Waals surface area contributed by atoms with Crippen LogP contribution in [0.15, 0.2) is 42.5 Å². The molecule has 28 heavy (non-hydrogen) atoms. The average Bonchev–Trinajstić information content (AvgIpc) is 3.30. The molecule has 2 bridgehead atoms. The van der Waals surface area contributed by atoms with Crippen LogP contribution >= 0.6 is 0 Å². The van der Waals surface area contributed by atoms with Gasteiger partial charge in [0.05, 0.1) is 18.3 Å². The summed E-state index contributed by atoms with van der Waals surface area (Å²) < 4.78 is 6.17. The summed E-state index contributed by atoms with van der Waals surface area (Å²) in [6, 6.07) is 10.2. The van der Waals surface area contributed by atoms with Gasteiger partial charge >= 0.3 is 5.97 Å². The highest BCUT2D eigenvalue weighted by Gasteiger charge is 2.47. The highest BCUT2D eigenvalue weighted by atomic mass is 16.5. The summed E-state index contributed by atoms with van der Waals surface area (Å²) in [5.41, 5.74) is 1.15. The number of carbonyl (C=O) groups is 1. The lowest BCUT2D eigenvalue weighted by molar-refractivity contribution is -0.137.